The second-order valence-corrected chi connectivity index (χ2v) is 4.27. The number of aryl methyl sites for hydroxylation is 1. The minimum Gasteiger partial charge on any atom is -0.465 e. The number of halogens is 1. The molecule has 1 amide bonds. The van der Waals surface area contributed by atoms with Crippen molar-refractivity contribution in [3.8, 4) is 0 Å². The minimum absolute atomic E-state index is 0.238. The fourth-order valence-corrected chi connectivity index (χ4v) is 2.26. The van der Waals surface area contributed by atoms with Gasteiger partial charge in [0.05, 0.1) is 10.2 Å². The molecule has 0 aromatic carbocycles. The van der Waals surface area contributed by atoms with Crippen molar-refractivity contribution in [3.05, 3.63) is 16.4 Å². The number of carbonyl (C=O) groups is 1. The van der Waals surface area contributed by atoms with Crippen LogP contribution in [0.25, 0.3) is 0 Å². The molecule has 0 aliphatic carbocycles. The van der Waals surface area contributed by atoms with E-state index in [9.17, 15) is 4.79 Å². The molecule has 2 rings (SSSR count). The molecule has 0 spiro atoms. The Bertz CT molecular complexity index is 371. The maximum absolute atomic E-state index is 10.5. The van der Waals surface area contributed by atoms with Crippen molar-refractivity contribution in [2.75, 3.05) is 13.1 Å². The summed E-state index contributed by atoms with van der Waals surface area (Å²) in [5.74, 6) is 0.238. The second kappa shape index (κ2) is 3.27. The second-order valence-electron chi connectivity index (χ2n) is 3.42. The normalized spacial score (nSPS) is 16.9. The zero-order valence-electron chi connectivity index (χ0n) is 7.64. The van der Waals surface area contributed by atoms with E-state index in [4.69, 9.17) is 5.11 Å². The molecule has 0 bridgehead atoms. The maximum atomic E-state index is 10.5. The van der Waals surface area contributed by atoms with Crippen molar-refractivity contribution in [1.82, 2.24) is 14.7 Å². The smallest absolute Gasteiger partial charge is 0.407 e. The zero-order valence-corrected chi connectivity index (χ0v) is 9.23. The van der Waals surface area contributed by atoms with E-state index in [1.165, 1.54) is 4.90 Å². The van der Waals surface area contributed by atoms with Gasteiger partial charge in [0.25, 0.3) is 0 Å². The van der Waals surface area contributed by atoms with E-state index in [1.807, 2.05) is 13.2 Å². The van der Waals surface area contributed by atoms with Gasteiger partial charge in [-0.15, -0.1) is 0 Å². The van der Waals surface area contributed by atoms with Gasteiger partial charge in [-0.3, -0.25) is 4.68 Å². The lowest BCUT2D eigenvalue weighted by Crippen LogP contribution is -2.48. The van der Waals surface area contributed by atoms with E-state index in [0.29, 0.717) is 13.1 Å². The SMILES string of the molecule is Cn1cc(Br)c(C2CN(C(=O)O)C2)n1. The summed E-state index contributed by atoms with van der Waals surface area (Å²) in [5, 5.41) is 12.9. The third-order valence-corrected chi connectivity index (χ3v) is 2.96. The van der Waals surface area contributed by atoms with Gasteiger partial charge < -0.3 is 10.0 Å². The Labute approximate surface area is 89.4 Å². The highest BCUT2D eigenvalue weighted by Crippen LogP contribution is 2.30. The van der Waals surface area contributed by atoms with Crippen molar-refractivity contribution >= 4 is 22.0 Å². The Morgan fingerprint density at radius 1 is 1.71 bits per heavy atom. The number of hydrogen-bond donors (Lipinski definition) is 1. The highest BCUT2D eigenvalue weighted by molar-refractivity contribution is 9.10. The lowest BCUT2D eigenvalue weighted by Gasteiger charge is -2.36. The fraction of sp³-hybridized carbons (Fsp3) is 0.500. The van der Waals surface area contributed by atoms with E-state index >= 15 is 0 Å². The van der Waals surface area contributed by atoms with Crippen LogP contribution in [0.3, 0.4) is 0 Å². The molecule has 1 fully saturated rings. The average Bonchev–Trinajstić information content (AvgIpc) is 2.26. The molecule has 1 aliphatic rings. The molecule has 1 aliphatic heterocycles. The zero-order chi connectivity index (χ0) is 10.3. The standard InChI is InChI=1S/C8H10BrN3O2/c1-11-4-6(9)7(10-11)5-2-12(3-5)8(13)14/h4-5H,2-3H2,1H3,(H,13,14). The first-order valence-corrected chi connectivity index (χ1v) is 5.04. The molecule has 1 saturated heterocycles. The Hall–Kier alpha value is -1.04. The monoisotopic (exact) mass is 259 g/mol. The summed E-state index contributed by atoms with van der Waals surface area (Å²) in [6, 6.07) is 0. The first-order chi connectivity index (χ1) is 6.58. The first kappa shape index (κ1) is 9.51. The van der Waals surface area contributed by atoms with Crippen LogP contribution in [0.15, 0.2) is 10.7 Å². The van der Waals surface area contributed by atoms with E-state index in [1.54, 1.807) is 4.68 Å². The molecule has 6 heteroatoms. The molecular formula is C8H10BrN3O2. The molecule has 0 saturated carbocycles. The number of likely N-dealkylation sites (tertiary alicyclic amines) is 1. The van der Waals surface area contributed by atoms with Crippen molar-refractivity contribution in [3.63, 3.8) is 0 Å². The molecule has 1 aromatic rings. The molecule has 76 valence electrons. The van der Waals surface area contributed by atoms with Gasteiger partial charge in [0.15, 0.2) is 0 Å². The number of nitrogens with zero attached hydrogens (tertiary/aromatic N) is 3. The summed E-state index contributed by atoms with van der Waals surface area (Å²) < 4.78 is 2.68. The number of aromatic nitrogens is 2. The largest absolute Gasteiger partial charge is 0.465 e. The highest BCUT2D eigenvalue weighted by Gasteiger charge is 2.34. The summed E-state index contributed by atoms with van der Waals surface area (Å²) >= 11 is 3.40. The van der Waals surface area contributed by atoms with E-state index in [0.717, 1.165) is 10.2 Å². The van der Waals surface area contributed by atoms with Gasteiger partial charge in [-0.2, -0.15) is 5.10 Å². The van der Waals surface area contributed by atoms with E-state index in [-0.39, 0.29) is 5.92 Å². The van der Waals surface area contributed by atoms with E-state index < -0.39 is 6.09 Å². The van der Waals surface area contributed by atoms with Crippen molar-refractivity contribution in [1.29, 1.82) is 0 Å². The fourth-order valence-electron chi connectivity index (χ4n) is 1.56. The molecule has 2 heterocycles. The molecule has 14 heavy (non-hydrogen) atoms. The predicted molar refractivity (Wildman–Crippen MR) is 53.2 cm³/mol. The third-order valence-electron chi connectivity index (χ3n) is 2.35. The molecule has 0 unspecified atom stereocenters. The molecule has 0 atom stereocenters. The van der Waals surface area contributed by atoms with Gasteiger partial charge in [-0.25, -0.2) is 4.79 Å². The van der Waals surface area contributed by atoms with Gasteiger partial charge in [0, 0.05) is 32.3 Å². The summed E-state index contributed by atoms with van der Waals surface area (Å²) in [6.45, 7) is 1.09. The molecule has 0 radical (unpaired) electrons. The lowest BCUT2D eigenvalue weighted by atomic mass is 9.97. The lowest BCUT2D eigenvalue weighted by molar-refractivity contribution is 0.104. The van der Waals surface area contributed by atoms with Crippen LogP contribution in [-0.4, -0.2) is 39.0 Å². The molecule has 5 nitrogen and oxygen atoms in total. The van der Waals surface area contributed by atoms with E-state index in [2.05, 4.69) is 21.0 Å². The minimum atomic E-state index is -0.853. The van der Waals surface area contributed by atoms with Crippen LogP contribution >= 0.6 is 15.9 Å². The molecular weight excluding hydrogens is 250 g/mol. The predicted octanol–water partition coefficient (Wildman–Crippen LogP) is 1.26. The highest BCUT2D eigenvalue weighted by atomic mass is 79.9. The summed E-state index contributed by atoms with van der Waals surface area (Å²) in [4.78, 5) is 11.9. The van der Waals surface area contributed by atoms with Crippen molar-refractivity contribution in [2.45, 2.75) is 5.92 Å². The maximum Gasteiger partial charge on any atom is 0.407 e. The number of rotatable bonds is 1. The van der Waals surface area contributed by atoms with Crippen LogP contribution in [0.4, 0.5) is 4.79 Å². The number of carboxylic acid groups (broad SMARTS) is 1. The summed E-state index contributed by atoms with van der Waals surface area (Å²) in [5.41, 5.74) is 0.949. The van der Waals surface area contributed by atoms with Crippen molar-refractivity contribution in [2.24, 2.45) is 7.05 Å². The average molecular weight is 260 g/mol. The van der Waals surface area contributed by atoms with Gasteiger partial charge in [-0.05, 0) is 15.9 Å². The Morgan fingerprint density at radius 3 is 2.79 bits per heavy atom. The molecule has 1 N–H and O–H groups in total. The molecule has 1 aromatic heterocycles. The summed E-state index contributed by atoms with van der Waals surface area (Å²) in [7, 11) is 1.85. The van der Waals surface area contributed by atoms with Crippen LogP contribution in [-0.2, 0) is 7.05 Å². The van der Waals surface area contributed by atoms with Gasteiger partial charge in [-0.1, -0.05) is 0 Å². The Balaban J connectivity index is 2.06. The number of amides is 1. The first-order valence-electron chi connectivity index (χ1n) is 4.25. The number of hydrogen-bond acceptors (Lipinski definition) is 2. The van der Waals surface area contributed by atoms with Gasteiger partial charge >= 0.3 is 6.09 Å². The Morgan fingerprint density at radius 2 is 2.36 bits per heavy atom. The van der Waals surface area contributed by atoms with Crippen LogP contribution in [0.2, 0.25) is 0 Å². The third kappa shape index (κ3) is 1.50. The van der Waals surface area contributed by atoms with Crippen LogP contribution in [0.5, 0.6) is 0 Å². The quantitative estimate of drug-likeness (QED) is 0.826. The van der Waals surface area contributed by atoms with Crippen molar-refractivity contribution < 1.29 is 9.90 Å². The van der Waals surface area contributed by atoms with Gasteiger partial charge in [0.1, 0.15) is 0 Å². The van der Waals surface area contributed by atoms with Gasteiger partial charge in [0.2, 0.25) is 0 Å². The van der Waals surface area contributed by atoms with Crippen LogP contribution < -0.4 is 0 Å². The Kier molecular flexibility index (Phi) is 2.22. The van der Waals surface area contributed by atoms with Crippen LogP contribution in [0, 0.1) is 0 Å². The topological polar surface area (TPSA) is 58.4 Å². The van der Waals surface area contributed by atoms with Crippen LogP contribution in [0.1, 0.15) is 11.6 Å². The summed E-state index contributed by atoms with van der Waals surface area (Å²) in [6.07, 6.45) is 1.02.